The largest absolute Gasteiger partial charge is 0.455 e. The molecule has 0 aliphatic heterocycles. The van der Waals surface area contributed by atoms with E-state index in [1.807, 2.05) is 103 Å². The highest BCUT2D eigenvalue weighted by molar-refractivity contribution is 6.28. The molecule has 0 atom stereocenters. The number of furan rings is 1. The van der Waals surface area contributed by atoms with Crippen molar-refractivity contribution in [2.75, 3.05) is 0 Å². The predicted molar refractivity (Wildman–Crippen MR) is 192 cm³/mol. The van der Waals surface area contributed by atoms with Gasteiger partial charge in [0.05, 0.1) is 11.0 Å². The lowest BCUT2D eigenvalue weighted by Gasteiger charge is -2.19. The minimum atomic E-state index is -0.436. The molecule has 0 aliphatic rings. The Bertz CT molecular complexity index is 3190. The average molecular weight is 579 g/mol. The SMILES string of the molecule is [2H]c1c([2H])c([2H])c2c(-c3cccc4oc5c6ccccc6ccc5c34)c3c([2H])c([2H])c([2H])c([2H])c3c(-c3cccc4c3ccc3ccccc34)c2c1[2H]. The van der Waals surface area contributed by atoms with Gasteiger partial charge in [-0.15, -0.1) is 0 Å². The van der Waals surface area contributed by atoms with Gasteiger partial charge in [0.15, 0.2) is 0 Å². The van der Waals surface area contributed by atoms with E-state index in [0.717, 1.165) is 37.7 Å². The fraction of sp³-hybridized carbons (Fsp3) is 0. The first-order chi connectivity index (χ1) is 25.7. The van der Waals surface area contributed by atoms with Crippen molar-refractivity contribution >= 4 is 75.8 Å². The molecule has 0 radical (unpaired) electrons. The van der Waals surface area contributed by atoms with Gasteiger partial charge in [0, 0.05) is 16.2 Å². The van der Waals surface area contributed by atoms with Crippen molar-refractivity contribution in [1.29, 1.82) is 0 Å². The van der Waals surface area contributed by atoms with Crippen LogP contribution in [0.15, 0.2) is 162 Å². The van der Waals surface area contributed by atoms with Crippen LogP contribution in [0.3, 0.4) is 0 Å². The van der Waals surface area contributed by atoms with Crippen molar-refractivity contribution in [3.05, 3.63) is 158 Å². The summed E-state index contributed by atoms with van der Waals surface area (Å²) in [5, 5.41) is 7.78. The molecule has 0 saturated carbocycles. The lowest BCUT2D eigenvalue weighted by Crippen LogP contribution is -1.92. The third-order valence-electron chi connectivity index (χ3n) is 9.09. The quantitative estimate of drug-likeness (QED) is 0.147. The van der Waals surface area contributed by atoms with Crippen molar-refractivity contribution in [3.8, 4) is 22.3 Å². The molecule has 0 fully saturated rings. The Balaban J connectivity index is 1.50. The fourth-order valence-electron chi connectivity index (χ4n) is 7.18. The Hall–Kier alpha value is -5.92. The minimum Gasteiger partial charge on any atom is -0.455 e. The normalized spacial score (nSPS) is 14.5. The third-order valence-corrected chi connectivity index (χ3v) is 9.09. The summed E-state index contributed by atoms with van der Waals surface area (Å²) in [4.78, 5) is 0. The molecule has 10 aromatic rings. The van der Waals surface area contributed by atoms with Crippen LogP contribution >= 0.6 is 0 Å². The molecule has 10 rings (SSSR count). The van der Waals surface area contributed by atoms with Crippen LogP contribution in [0.5, 0.6) is 0 Å². The van der Waals surface area contributed by atoms with E-state index in [9.17, 15) is 5.48 Å². The van der Waals surface area contributed by atoms with E-state index in [0.29, 0.717) is 38.8 Å². The first-order valence-corrected chi connectivity index (χ1v) is 14.9. The second-order valence-electron chi connectivity index (χ2n) is 11.4. The summed E-state index contributed by atoms with van der Waals surface area (Å²) in [5.41, 5.74) is 2.96. The highest BCUT2D eigenvalue weighted by Crippen LogP contribution is 2.48. The van der Waals surface area contributed by atoms with Crippen molar-refractivity contribution < 1.29 is 15.4 Å². The lowest BCUT2D eigenvalue weighted by molar-refractivity contribution is 0.673. The summed E-state index contributed by atoms with van der Waals surface area (Å²) in [6.45, 7) is 0. The highest BCUT2D eigenvalue weighted by Gasteiger charge is 2.21. The highest BCUT2D eigenvalue weighted by atomic mass is 16.3. The standard InChI is InChI=1S/C44H26O/c1-3-13-29-27(11-1)23-25-32-31(29)19-9-20-33(32)41-34-15-5-7-17-36(34)42(37-18-8-6-16-35(37)41)38-21-10-22-40-43(38)39-26-24-28-12-2-4-14-30(28)44(39)45-40/h1-26H/i5D,6D,7D,8D,15D,16D,17D,18D. The second kappa shape index (κ2) is 9.29. The van der Waals surface area contributed by atoms with Crippen LogP contribution < -0.4 is 0 Å². The molecule has 0 saturated heterocycles. The molecule has 9 aromatic carbocycles. The summed E-state index contributed by atoms with van der Waals surface area (Å²) < 4.78 is 79.9. The summed E-state index contributed by atoms with van der Waals surface area (Å²) in [5.74, 6) is 0. The zero-order chi connectivity index (χ0) is 36.4. The van der Waals surface area contributed by atoms with E-state index >= 15 is 0 Å². The van der Waals surface area contributed by atoms with Crippen LogP contribution in [0.25, 0.3) is 98.1 Å². The molecular formula is C44H26O. The van der Waals surface area contributed by atoms with Gasteiger partial charge in [-0.05, 0) is 82.9 Å². The molecule has 0 aliphatic carbocycles. The number of hydrogen-bond acceptors (Lipinski definition) is 1. The van der Waals surface area contributed by atoms with Crippen molar-refractivity contribution in [2.24, 2.45) is 0 Å². The predicted octanol–water partition coefficient (Wildman–Crippen LogP) is 12.7. The number of fused-ring (bicyclic) bond motifs is 10. The van der Waals surface area contributed by atoms with E-state index in [4.69, 9.17) is 9.90 Å². The van der Waals surface area contributed by atoms with Crippen LogP contribution in [0, 0.1) is 0 Å². The average Bonchev–Trinajstić information content (AvgIpc) is 3.59. The van der Waals surface area contributed by atoms with Crippen LogP contribution in [-0.2, 0) is 0 Å². The first-order valence-electron chi connectivity index (χ1n) is 18.9. The number of hydrogen-bond donors (Lipinski definition) is 0. The maximum atomic E-state index is 9.48. The Morgan fingerprint density at radius 1 is 0.378 bits per heavy atom. The van der Waals surface area contributed by atoms with Gasteiger partial charge in [-0.2, -0.15) is 0 Å². The molecule has 0 bridgehead atoms. The summed E-state index contributed by atoms with van der Waals surface area (Å²) in [6.07, 6.45) is 0. The number of benzene rings is 9. The fourth-order valence-corrected chi connectivity index (χ4v) is 7.18. The monoisotopic (exact) mass is 578 g/mol. The van der Waals surface area contributed by atoms with Crippen LogP contribution in [0.2, 0.25) is 0 Å². The van der Waals surface area contributed by atoms with E-state index < -0.39 is 24.2 Å². The molecule has 1 aromatic heterocycles. The van der Waals surface area contributed by atoms with Gasteiger partial charge in [-0.3, -0.25) is 0 Å². The van der Waals surface area contributed by atoms with Gasteiger partial charge in [-0.1, -0.05) is 145 Å². The summed E-state index contributed by atoms with van der Waals surface area (Å²) in [6, 6.07) is 32.1. The van der Waals surface area contributed by atoms with Crippen LogP contribution in [-0.4, -0.2) is 0 Å². The van der Waals surface area contributed by atoms with Gasteiger partial charge in [0.25, 0.3) is 0 Å². The van der Waals surface area contributed by atoms with Crippen molar-refractivity contribution in [1.82, 2.24) is 0 Å². The molecule has 45 heavy (non-hydrogen) atoms. The van der Waals surface area contributed by atoms with Crippen LogP contribution in [0.1, 0.15) is 11.0 Å². The lowest BCUT2D eigenvalue weighted by atomic mass is 9.83. The molecule has 0 spiro atoms. The molecule has 1 heterocycles. The molecule has 1 heteroatoms. The Kier molecular flexibility index (Phi) is 3.72. The maximum Gasteiger partial charge on any atom is 0.143 e. The topological polar surface area (TPSA) is 13.1 Å². The Labute approximate surface area is 270 Å². The van der Waals surface area contributed by atoms with E-state index in [1.165, 1.54) is 0 Å². The van der Waals surface area contributed by atoms with E-state index in [1.54, 1.807) is 6.07 Å². The van der Waals surface area contributed by atoms with Gasteiger partial charge >= 0.3 is 0 Å². The zero-order valence-corrected chi connectivity index (χ0v) is 23.8. The van der Waals surface area contributed by atoms with Gasteiger partial charge in [-0.25, -0.2) is 0 Å². The summed E-state index contributed by atoms with van der Waals surface area (Å²) in [7, 11) is 0. The van der Waals surface area contributed by atoms with Crippen molar-refractivity contribution in [3.63, 3.8) is 0 Å². The minimum absolute atomic E-state index is 0.170. The summed E-state index contributed by atoms with van der Waals surface area (Å²) >= 11 is 0. The van der Waals surface area contributed by atoms with Gasteiger partial charge < -0.3 is 4.42 Å². The molecule has 1 nitrogen and oxygen atoms in total. The van der Waals surface area contributed by atoms with Crippen molar-refractivity contribution in [2.45, 2.75) is 0 Å². The molecule has 208 valence electrons. The molecule has 0 amide bonds. The Morgan fingerprint density at radius 2 is 0.911 bits per heavy atom. The third kappa shape index (κ3) is 3.44. The number of rotatable bonds is 2. The van der Waals surface area contributed by atoms with E-state index in [2.05, 4.69) is 0 Å². The molecular weight excluding hydrogens is 544 g/mol. The van der Waals surface area contributed by atoms with E-state index in [-0.39, 0.29) is 45.7 Å². The smallest absolute Gasteiger partial charge is 0.143 e. The van der Waals surface area contributed by atoms with Gasteiger partial charge in [0.1, 0.15) is 11.2 Å². The first kappa shape index (κ1) is 18.0. The Morgan fingerprint density at radius 3 is 1.62 bits per heavy atom. The maximum absolute atomic E-state index is 9.48. The molecule has 0 N–H and O–H groups in total. The second-order valence-corrected chi connectivity index (χ2v) is 11.4. The van der Waals surface area contributed by atoms with Crippen LogP contribution in [0.4, 0.5) is 0 Å². The van der Waals surface area contributed by atoms with Gasteiger partial charge in [0.2, 0.25) is 0 Å². The zero-order valence-electron chi connectivity index (χ0n) is 31.8. The molecule has 0 unspecified atom stereocenters.